The Labute approximate surface area is 189 Å². The van der Waals surface area contributed by atoms with Crippen molar-refractivity contribution in [2.75, 3.05) is 50.1 Å². The first kappa shape index (κ1) is 22.2. The van der Waals surface area contributed by atoms with Crippen LogP contribution in [0.5, 0.6) is 0 Å². The molecule has 7 nitrogen and oxygen atoms in total. The monoisotopic (exact) mass is 437 g/mol. The summed E-state index contributed by atoms with van der Waals surface area (Å²) in [6, 6.07) is 15.3. The molecule has 0 amide bonds. The molecule has 8 heteroatoms. The molecule has 0 radical (unpaired) electrons. The van der Waals surface area contributed by atoms with Crippen molar-refractivity contribution >= 4 is 11.4 Å². The number of halogens is 1. The molecule has 2 heterocycles. The number of hydrogen-bond donors (Lipinski definition) is 0. The number of tetrazole rings is 1. The zero-order valence-corrected chi connectivity index (χ0v) is 19.5. The molecule has 32 heavy (non-hydrogen) atoms. The summed E-state index contributed by atoms with van der Waals surface area (Å²) >= 11 is 0. The largest absolute Gasteiger partial charge is 0.378 e. The second-order valence-electron chi connectivity index (χ2n) is 9.51. The van der Waals surface area contributed by atoms with E-state index in [1.54, 1.807) is 0 Å². The molecule has 1 aliphatic rings. The van der Waals surface area contributed by atoms with E-state index in [0.717, 1.165) is 43.4 Å². The van der Waals surface area contributed by atoms with Gasteiger partial charge in [-0.1, -0.05) is 12.1 Å². The van der Waals surface area contributed by atoms with Gasteiger partial charge in [-0.05, 0) is 73.2 Å². The van der Waals surface area contributed by atoms with Crippen molar-refractivity contribution < 1.29 is 4.39 Å². The Hall–Kier alpha value is -3.00. The highest BCUT2D eigenvalue weighted by molar-refractivity contribution is 5.48. The molecule has 1 saturated heterocycles. The Balaban J connectivity index is 1.63. The van der Waals surface area contributed by atoms with Gasteiger partial charge in [-0.15, -0.1) is 5.10 Å². The van der Waals surface area contributed by atoms with E-state index in [-0.39, 0.29) is 17.4 Å². The molecule has 4 rings (SSSR count). The van der Waals surface area contributed by atoms with E-state index in [1.807, 2.05) is 30.9 Å². The number of piperazine rings is 1. The fourth-order valence-electron chi connectivity index (χ4n) is 4.21. The summed E-state index contributed by atoms with van der Waals surface area (Å²) in [6.07, 6.45) is 0. The van der Waals surface area contributed by atoms with Crippen LogP contribution >= 0.6 is 0 Å². The highest BCUT2D eigenvalue weighted by atomic mass is 19.1. The minimum Gasteiger partial charge on any atom is -0.378 e. The topological polar surface area (TPSA) is 53.3 Å². The Morgan fingerprint density at radius 2 is 1.53 bits per heavy atom. The Kier molecular flexibility index (Phi) is 6.15. The van der Waals surface area contributed by atoms with E-state index in [0.29, 0.717) is 0 Å². The molecule has 1 atom stereocenters. The molecular formula is C24H32FN7. The van der Waals surface area contributed by atoms with Gasteiger partial charge < -0.3 is 9.80 Å². The van der Waals surface area contributed by atoms with Crippen LogP contribution in [0.1, 0.15) is 38.2 Å². The van der Waals surface area contributed by atoms with Crippen molar-refractivity contribution in [1.29, 1.82) is 0 Å². The van der Waals surface area contributed by atoms with Gasteiger partial charge in [0.05, 0.1) is 11.6 Å². The fourth-order valence-corrected chi connectivity index (χ4v) is 4.21. The van der Waals surface area contributed by atoms with E-state index in [9.17, 15) is 4.39 Å². The summed E-state index contributed by atoms with van der Waals surface area (Å²) in [5.41, 5.74) is 3.16. The summed E-state index contributed by atoms with van der Waals surface area (Å²) in [5.74, 6) is 0.646. The summed E-state index contributed by atoms with van der Waals surface area (Å²) < 4.78 is 15.3. The van der Waals surface area contributed by atoms with Crippen LogP contribution in [0.2, 0.25) is 0 Å². The summed E-state index contributed by atoms with van der Waals surface area (Å²) in [5, 5.41) is 12.8. The van der Waals surface area contributed by atoms with Crippen molar-refractivity contribution in [2.45, 2.75) is 32.4 Å². The van der Waals surface area contributed by atoms with Gasteiger partial charge in [0.25, 0.3) is 0 Å². The highest BCUT2D eigenvalue weighted by Crippen LogP contribution is 2.32. The van der Waals surface area contributed by atoms with Crippen LogP contribution in [-0.4, -0.2) is 65.4 Å². The van der Waals surface area contributed by atoms with Crippen LogP contribution in [0.15, 0.2) is 48.5 Å². The molecule has 170 valence electrons. The Morgan fingerprint density at radius 3 is 2.09 bits per heavy atom. The third-order valence-corrected chi connectivity index (χ3v) is 5.97. The van der Waals surface area contributed by atoms with Gasteiger partial charge in [-0.25, -0.2) is 9.07 Å². The first-order valence-electron chi connectivity index (χ1n) is 11.0. The summed E-state index contributed by atoms with van der Waals surface area (Å²) in [4.78, 5) is 6.84. The Bertz CT molecular complexity index is 1010. The van der Waals surface area contributed by atoms with Gasteiger partial charge in [0.1, 0.15) is 5.82 Å². The lowest BCUT2D eigenvalue weighted by molar-refractivity contribution is 0.191. The highest BCUT2D eigenvalue weighted by Gasteiger charge is 2.33. The minimum absolute atomic E-state index is 0.0456. The van der Waals surface area contributed by atoms with Crippen LogP contribution in [0.25, 0.3) is 0 Å². The molecule has 1 fully saturated rings. The van der Waals surface area contributed by atoms with Crippen molar-refractivity contribution in [3.8, 4) is 0 Å². The molecule has 2 aromatic carbocycles. The molecule has 0 spiro atoms. The fraction of sp³-hybridized carbons (Fsp3) is 0.458. The predicted molar refractivity (Wildman–Crippen MR) is 126 cm³/mol. The smallest absolute Gasteiger partial charge is 0.173 e. The van der Waals surface area contributed by atoms with Crippen molar-refractivity contribution in [1.82, 2.24) is 25.1 Å². The Morgan fingerprint density at radius 1 is 0.906 bits per heavy atom. The van der Waals surface area contributed by atoms with Gasteiger partial charge in [0, 0.05) is 51.6 Å². The first-order valence-corrected chi connectivity index (χ1v) is 11.0. The molecule has 3 aromatic rings. The molecule has 1 aliphatic heterocycles. The zero-order chi connectivity index (χ0) is 22.9. The molecule has 1 aromatic heterocycles. The van der Waals surface area contributed by atoms with Crippen molar-refractivity contribution in [3.63, 3.8) is 0 Å². The maximum absolute atomic E-state index is 13.3. The quantitative estimate of drug-likeness (QED) is 0.609. The number of rotatable bonds is 5. The lowest BCUT2D eigenvalue weighted by atomic mass is 10.0. The number of nitrogens with zero attached hydrogens (tertiary/aromatic N) is 7. The SMILES string of the molecule is CN(C)c1ccc([C@@H](c2nnnn2C(C)(C)C)N2CCN(c3ccc(F)cc3)CC2)cc1. The van der Waals surface area contributed by atoms with E-state index in [2.05, 4.69) is 75.3 Å². The van der Waals surface area contributed by atoms with E-state index < -0.39 is 0 Å². The third kappa shape index (κ3) is 4.60. The molecule has 0 bridgehead atoms. The van der Waals surface area contributed by atoms with Crippen molar-refractivity contribution in [2.24, 2.45) is 0 Å². The standard InChI is InChI=1S/C24H32FN7/c1-24(2,3)32-23(26-27-28-32)22(18-6-10-20(11-7-18)29(4)5)31-16-14-30(15-17-31)21-12-8-19(25)9-13-21/h6-13,22H,14-17H2,1-5H3/t22-/m0/s1. The average molecular weight is 438 g/mol. The van der Waals surface area contributed by atoms with Crippen LogP contribution in [0, 0.1) is 5.82 Å². The van der Waals surface area contributed by atoms with Gasteiger partial charge in [0.15, 0.2) is 5.82 Å². The molecule has 0 N–H and O–H groups in total. The summed E-state index contributed by atoms with van der Waals surface area (Å²) in [6.45, 7) is 9.77. The van der Waals surface area contributed by atoms with Gasteiger partial charge in [-0.3, -0.25) is 4.90 Å². The van der Waals surface area contributed by atoms with E-state index >= 15 is 0 Å². The van der Waals surface area contributed by atoms with E-state index in [1.165, 1.54) is 17.7 Å². The second kappa shape index (κ2) is 8.86. The van der Waals surface area contributed by atoms with Crippen LogP contribution in [0.4, 0.5) is 15.8 Å². The van der Waals surface area contributed by atoms with Gasteiger partial charge in [-0.2, -0.15) is 0 Å². The lowest BCUT2D eigenvalue weighted by Gasteiger charge is -2.40. The second-order valence-corrected chi connectivity index (χ2v) is 9.51. The maximum Gasteiger partial charge on any atom is 0.173 e. The summed E-state index contributed by atoms with van der Waals surface area (Å²) in [7, 11) is 4.09. The normalized spacial score (nSPS) is 16.2. The van der Waals surface area contributed by atoms with Crippen LogP contribution in [0.3, 0.4) is 0 Å². The molecule has 0 saturated carbocycles. The lowest BCUT2D eigenvalue weighted by Crippen LogP contribution is -2.48. The zero-order valence-electron chi connectivity index (χ0n) is 19.5. The average Bonchev–Trinajstić information content (AvgIpc) is 3.25. The first-order chi connectivity index (χ1) is 15.2. The van der Waals surface area contributed by atoms with Crippen LogP contribution < -0.4 is 9.80 Å². The van der Waals surface area contributed by atoms with Crippen molar-refractivity contribution in [3.05, 3.63) is 65.7 Å². The van der Waals surface area contributed by atoms with Gasteiger partial charge in [0.2, 0.25) is 0 Å². The number of anilines is 2. The van der Waals surface area contributed by atoms with Gasteiger partial charge >= 0.3 is 0 Å². The number of benzene rings is 2. The minimum atomic E-state index is -0.226. The number of hydrogen-bond acceptors (Lipinski definition) is 6. The maximum atomic E-state index is 13.3. The third-order valence-electron chi connectivity index (χ3n) is 5.97. The molecular weight excluding hydrogens is 405 g/mol. The molecule has 0 aliphatic carbocycles. The number of aromatic nitrogens is 4. The van der Waals surface area contributed by atoms with Crippen LogP contribution in [-0.2, 0) is 5.54 Å². The predicted octanol–water partition coefficient (Wildman–Crippen LogP) is 3.54. The van der Waals surface area contributed by atoms with E-state index in [4.69, 9.17) is 0 Å². The molecule has 0 unspecified atom stereocenters.